The second-order valence-corrected chi connectivity index (χ2v) is 4.46. The van der Waals surface area contributed by atoms with Gasteiger partial charge < -0.3 is 10.2 Å². The first kappa shape index (κ1) is 12.7. The number of benzene rings is 1. The fourth-order valence-corrected chi connectivity index (χ4v) is 2.03. The number of hydrogen-bond acceptors (Lipinski definition) is 4. The summed E-state index contributed by atoms with van der Waals surface area (Å²) in [5.74, 6) is -1.14. The van der Waals surface area contributed by atoms with Gasteiger partial charge in [-0.15, -0.1) is 5.10 Å². The van der Waals surface area contributed by atoms with Gasteiger partial charge in [-0.05, 0) is 12.1 Å². The Kier molecular flexibility index (Phi) is 3.73. The Balaban J connectivity index is 2.59. The second-order valence-electron chi connectivity index (χ2n) is 3.55. The van der Waals surface area contributed by atoms with Gasteiger partial charge in [0.15, 0.2) is 5.69 Å². The van der Waals surface area contributed by atoms with E-state index in [2.05, 4.69) is 26.2 Å². The molecule has 0 amide bonds. The van der Waals surface area contributed by atoms with Gasteiger partial charge in [-0.1, -0.05) is 33.3 Å². The summed E-state index contributed by atoms with van der Waals surface area (Å²) in [6.45, 7) is 0.0611. The summed E-state index contributed by atoms with van der Waals surface area (Å²) >= 11 is 3.33. The van der Waals surface area contributed by atoms with Crippen molar-refractivity contribution in [1.82, 2.24) is 15.0 Å². The quantitative estimate of drug-likeness (QED) is 0.891. The van der Waals surface area contributed by atoms with Gasteiger partial charge in [0.05, 0.1) is 13.2 Å². The number of carbonyl (C=O) groups is 1. The molecule has 0 atom stereocenters. The molecule has 94 valence electrons. The maximum Gasteiger partial charge on any atom is 0.358 e. The van der Waals surface area contributed by atoms with Gasteiger partial charge in [0.2, 0.25) is 0 Å². The van der Waals surface area contributed by atoms with Gasteiger partial charge in [-0.25, -0.2) is 9.48 Å². The number of aromatic carboxylic acids is 1. The van der Waals surface area contributed by atoms with Crippen molar-refractivity contribution >= 4 is 21.9 Å². The van der Waals surface area contributed by atoms with Crippen LogP contribution in [0.1, 0.15) is 10.5 Å². The number of nitrogens with zero attached hydrogens (tertiary/aromatic N) is 3. The summed E-state index contributed by atoms with van der Waals surface area (Å²) in [7, 11) is 0. The van der Waals surface area contributed by atoms with Gasteiger partial charge in [0.25, 0.3) is 0 Å². The molecule has 0 radical (unpaired) electrons. The highest BCUT2D eigenvalue weighted by molar-refractivity contribution is 9.10. The van der Waals surface area contributed by atoms with Gasteiger partial charge >= 0.3 is 5.97 Å². The molecule has 2 aromatic rings. The standard InChI is InChI=1S/C11H10BrN3O3/c12-8-3-1-2-7(6-8)10-9(11(17)18)13-14-15(10)4-5-16/h1-3,6,16H,4-5H2,(H,17,18). The van der Waals surface area contributed by atoms with E-state index in [0.717, 1.165) is 4.47 Å². The zero-order valence-corrected chi connectivity index (χ0v) is 10.8. The highest BCUT2D eigenvalue weighted by Gasteiger charge is 2.20. The average molecular weight is 312 g/mol. The maximum atomic E-state index is 11.1. The van der Waals surface area contributed by atoms with E-state index in [-0.39, 0.29) is 18.8 Å². The lowest BCUT2D eigenvalue weighted by atomic mass is 10.1. The van der Waals surface area contributed by atoms with Crippen LogP contribution in [-0.4, -0.2) is 37.8 Å². The number of halogens is 1. The van der Waals surface area contributed by atoms with Crippen molar-refractivity contribution in [1.29, 1.82) is 0 Å². The van der Waals surface area contributed by atoms with Crippen molar-refractivity contribution in [3.8, 4) is 11.3 Å². The van der Waals surface area contributed by atoms with Crippen LogP contribution in [0.15, 0.2) is 28.7 Å². The molecule has 7 heteroatoms. The molecule has 2 rings (SSSR count). The molecule has 0 fully saturated rings. The number of aliphatic hydroxyl groups excluding tert-OH is 1. The monoisotopic (exact) mass is 311 g/mol. The second kappa shape index (κ2) is 5.28. The van der Waals surface area contributed by atoms with Crippen molar-refractivity contribution in [3.63, 3.8) is 0 Å². The van der Waals surface area contributed by atoms with Crippen LogP contribution >= 0.6 is 15.9 Å². The topological polar surface area (TPSA) is 88.2 Å². The summed E-state index contributed by atoms with van der Waals surface area (Å²) in [5, 5.41) is 25.4. The minimum absolute atomic E-state index is 0.124. The Morgan fingerprint density at radius 3 is 2.83 bits per heavy atom. The highest BCUT2D eigenvalue weighted by atomic mass is 79.9. The lowest BCUT2D eigenvalue weighted by Crippen LogP contribution is -2.07. The van der Waals surface area contributed by atoms with Crippen molar-refractivity contribution in [2.75, 3.05) is 6.61 Å². The van der Waals surface area contributed by atoms with Crippen LogP contribution in [-0.2, 0) is 6.54 Å². The molecular formula is C11H10BrN3O3. The van der Waals surface area contributed by atoms with Crippen LogP contribution in [0.25, 0.3) is 11.3 Å². The number of carboxylic acid groups (broad SMARTS) is 1. The normalized spacial score (nSPS) is 10.6. The molecule has 0 aliphatic heterocycles. The van der Waals surface area contributed by atoms with Crippen LogP contribution in [0.4, 0.5) is 0 Å². The van der Waals surface area contributed by atoms with E-state index in [1.165, 1.54) is 4.68 Å². The molecule has 0 spiro atoms. The summed E-state index contributed by atoms with van der Waals surface area (Å²) in [6, 6.07) is 7.17. The number of carboxylic acids is 1. The molecule has 1 aromatic carbocycles. The minimum Gasteiger partial charge on any atom is -0.476 e. The summed E-state index contributed by atoms with van der Waals surface area (Å²) in [6.07, 6.45) is 0. The molecule has 0 unspecified atom stereocenters. The van der Waals surface area contributed by atoms with E-state index in [0.29, 0.717) is 11.3 Å². The predicted molar refractivity (Wildman–Crippen MR) is 67.2 cm³/mol. The first-order valence-electron chi connectivity index (χ1n) is 5.17. The molecule has 0 aliphatic carbocycles. The largest absolute Gasteiger partial charge is 0.476 e. The highest BCUT2D eigenvalue weighted by Crippen LogP contribution is 2.25. The summed E-state index contributed by atoms with van der Waals surface area (Å²) < 4.78 is 2.21. The van der Waals surface area contributed by atoms with E-state index in [4.69, 9.17) is 10.2 Å². The van der Waals surface area contributed by atoms with Crippen LogP contribution in [0.3, 0.4) is 0 Å². The maximum absolute atomic E-state index is 11.1. The van der Waals surface area contributed by atoms with E-state index in [9.17, 15) is 4.79 Å². The van der Waals surface area contributed by atoms with Crippen molar-refractivity contribution in [2.24, 2.45) is 0 Å². The van der Waals surface area contributed by atoms with E-state index in [1.807, 2.05) is 6.07 Å². The molecule has 1 aromatic heterocycles. The molecule has 1 heterocycles. The molecule has 6 nitrogen and oxygen atoms in total. The summed E-state index contributed by atoms with van der Waals surface area (Å²) in [4.78, 5) is 11.1. The molecule has 2 N–H and O–H groups in total. The minimum atomic E-state index is -1.14. The van der Waals surface area contributed by atoms with Crippen LogP contribution in [0.2, 0.25) is 0 Å². The lowest BCUT2D eigenvalue weighted by Gasteiger charge is -2.06. The molecule has 0 bridgehead atoms. The molecule has 18 heavy (non-hydrogen) atoms. The Bertz CT molecular complexity index is 583. The smallest absolute Gasteiger partial charge is 0.358 e. The molecular weight excluding hydrogens is 302 g/mol. The third kappa shape index (κ3) is 2.41. The molecule has 0 saturated heterocycles. The number of aromatic nitrogens is 3. The predicted octanol–water partition coefficient (Wildman–Crippen LogP) is 1.40. The number of rotatable bonds is 4. The summed E-state index contributed by atoms with van der Waals surface area (Å²) in [5.41, 5.74) is 0.944. The SMILES string of the molecule is O=C(O)c1nnn(CCO)c1-c1cccc(Br)c1. The Hall–Kier alpha value is -1.73. The van der Waals surface area contributed by atoms with Crippen molar-refractivity contribution in [3.05, 3.63) is 34.4 Å². The zero-order valence-electron chi connectivity index (χ0n) is 9.25. The Morgan fingerprint density at radius 2 is 2.22 bits per heavy atom. The third-order valence-electron chi connectivity index (χ3n) is 2.35. The number of hydrogen-bond donors (Lipinski definition) is 2. The lowest BCUT2D eigenvalue weighted by molar-refractivity contribution is 0.0691. The van der Waals surface area contributed by atoms with E-state index >= 15 is 0 Å². The van der Waals surface area contributed by atoms with Crippen LogP contribution < -0.4 is 0 Å². The Labute approximate surface area is 111 Å². The van der Waals surface area contributed by atoms with Crippen molar-refractivity contribution < 1.29 is 15.0 Å². The van der Waals surface area contributed by atoms with E-state index in [1.54, 1.807) is 18.2 Å². The average Bonchev–Trinajstić information content (AvgIpc) is 2.73. The third-order valence-corrected chi connectivity index (χ3v) is 2.84. The first-order chi connectivity index (χ1) is 8.63. The molecule has 0 aliphatic rings. The van der Waals surface area contributed by atoms with Gasteiger partial charge in [-0.2, -0.15) is 0 Å². The fraction of sp³-hybridized carbons (Fsp3) is 0.182. The van der Waals surface area contributed by atoms with Crippen LogP contribution in [0.5, 0.6) is 0 Å². The van der Waals surface area contributed by atoms with Gasteiger partial charge in [0.1, 0.15) is 5.69 Å². The first-order valence-corrected chi connectivity index (χ1v) is 5.96. The van der Waals surface area contributed by atoms with Gasteiger partial charge in [0, 0.05) is 10.0 Å². The zero-order chi connectivity index (χ0) is 13.1. The van der Waals surface area contributed by atoms with Crippen LogP contribution in [0, 0.1) is 0 Å². The van der Waals surface area contributed by atoms with E-state index < -0.39 is 5.97 Å². The number of aliphatic hydroxyl groups is 1. The Morgan fingerprint density at radius 1 is 1.44 bits per heavy atom. The fourth-order valence-electron chi connectivity index (χ4n) is 1.63. The van der Waals surface area contributed by atoms with Crippen molar-refractivity contribution in [2.45, 2.75) is 6.54 Å². The van der Waals surface area contributed by atoms with Gasteiger partial charge in [-0.3, -0.25) is 0 Å². The molecule has 0 saturated carbocycles.